The number of anilines is 1. The molecule has 0 aromatic heterocycles. The van der Waals surface area contributed by atoms with Crippen LogP contribution in [0.2, 0.25) is 0 Å². The molecule has 21 heavy (non-hydrogen) atoms. The van der Waals surface area contributed by atoms with Crippen molar-refractivity contribution in [1.82, 2.24) is 0 Å². The van der Waals surface area contributed by atoms with Gasteiger partial charge in [-0.1, -0.05) is 24.3 Å². The Morgan fingerprint density at radius 3 is 2.76 bits per heavy atom. The zero-order chi connectivity index (χ0) is 14.7. The second kappa shape index (κ2) is 6.08. The smallest absolute Gasteiger partial charge is 0.125 e. The summed E-state index contributed by atoms with van der Waals surface area (Å²) in [4.78, 5) is 0. The molecule has 0 amide bonds. The van der Waals surface area contributed by atoms with Crippen LogP contribution in [-0.4, -0.2) is 20.8 Å². The van der Waals surface area contributed by atoms with E-state index in [2.05, 4.69) is 35.6 Å². The molecule has 1 unspecified atom stereocenters. The Morgan fingerprint density at radius 1 is 1.10 bits per heavy atom. The highest BCUT2D eigenvalue weighted by molar-refractivity contribution is 5.55. The maximum absolute atomic E-state index is 5.52. The van der Waals surface area contributed by atoms with E-state index in [4.69, 9.17) is 9.47 Å². The molecule has 2 aromatic carbocycles. The van der Waals surface area contributed by atoms with Crippen LogP contribution in [-0.2, 0) is 6.42 Å². The fourth-order valence-electron chi connectivity index (χ4n) is 3.05. The lowest BCUT2D eigenvalue weighted by Gasteiger charge is -2.27. The topological polar surface area (TPSA) is 30.5 Å². The highest BCUT2D eigenvalue weighted by Crippen LogP contribution is 2.36. The number of ether oxygens (including phenoxy) is 2. The van der Waals surface area contributed by atoms with Gasteiger partial charge < -0.3 is 14.8 Å². The number of benzene rings is 2. The molecule has 0 spiro atoms. The van der Waals surface area contributed by atoms with Gasteiger partial charge in [0, 0.05) is 18.3 Å². The number of nitrogens with one attached hydrogen (secondary N) is 1. The van der Waals surface area contributed by atoms with Gasteiger partial charge in [0.1, 0.15) is 11.5 Å². The molecule has 1 N–H and O–H groups in total. The van der Waals surface area contributed by atoms with Crippen molar-refractivity contribution >= 4 is 5.69 Å². The van der Waals surface area contributed by atoms with Crippen molar-refractivity contribution in [3.63, 3.8) is 0 Å². The largest absolute Gasteiger partial charge is 0.497 e. The number of fused-ring (bicyclic) bond motifs is 1. The Balaban J connectivity index is 1.88. The fourth-order valence-corrected chi connectivity index (χ4v) is 3.05. The van der Waals surface area contributed by atoms with Crippen LogP contribution in [0.15, 0.2) is 42.5 Å². The summed E-state index contributed by atoms with van der Waals surface area (Å²) in [6.07, 6.45) is 2.14. The van der Waals surface area contributed by atoms with E-state index >= 15 is 0 Å². The molecule has 1 aliphatic rings. The minimum Gasteiger partial charge on any atom is -0.497 e. The number of hydrogen-bond donors (Lipinski definition) is 1. The van der Waals surface area contributed by atoms with Crippen molar-refractivity contribution in [3.8, 4) is 11.5 Å². The van der Waals surface area contributed by atoms with Crippen LogP contribution in [0.3, 0.4) is 0 Å². The summed E-state index contributed by atoms with van der Waals surface area (Å²) in [6, 6.07) is 14.7. The van der Waals surface area contributed by atoms with Gasteiger partial charge in [0.25, 0.3) is 0 Å². The van der Waals surface area contributed by atoms with Crippen LogP contribution >= 0.6 is 0 Å². The van der Waals surface area contributed by atoms with E-state index < -0.39 is 0 Å². The second-order valence-electron chi connectivity index (χ2n) is 5.38. The molecular formula is C18H21NO2. The number of hydrogen-bond acceptors (Lipinski definition) is 3. The van der Waals surface area contributed by atoms with Gasteiger partial charge in [0.2, 0.25) is 0 Å². The van der Waals surface area contributed by atoms with E-state index in [-0.39, 0.29) is 0 Å². The molecule has 3 heteroatoms. The van der Waals surface area contributed by atoms with E-state index in [1.165, 1.54) is 16.8 Å². The quantitative estimate of drug-likeness (QED) is 0.924. The first-order valence-electron chi connectivity index (χ1n) is 7.35. The van der Waals surface area contributed by atoms with Crippen molar-refractivity contribution in [2.75, 3.05) is 26.1 Å². The predicted molar refractivity (Wildman–Crippen MR) is 85.5 cm³/mol. The molecule has 0 radical (unpaired) electrons. The molecule has 0 saturated carbocycles. The molecule has 0 bridgehead atoms. The molecule has 3 rings (SSSR count). The summed E-state index contributed by atoms with van der Waals surface area (Å²) < 4.78 is 10.8. The van der Waals surface area contributed by atoms with Gasteiger partial charge in [-0.25, -0.2) is 0 Å². The molecule has 2 aromatic rings. The van der Waals surface area contributed by atoms with E-state index in [1.54, 1.807) is 14.2 Å². The molecular weight excluding hydrogens is 262 g/mol. The Bertz CT molecular complexity index is 624. The van der Waals surface area contributed by atoms with Crippen molar-refractivity contribution in [3.05, 3.63) is 53.6 Å². The normalized spacial score (nSPS) is 16.8. The third-order valence-electron chi connectivity index (χ3n) is 4.17. The van der Waals surface area contributed by atoms with Gasteiger partial charge in [0.05, 0.1) is 14.2 Å². The summed E-state index contributed by atoms with van der Waals surface area (Å²) in [5.74, 6) is 2.27. The van der Waals surface area contributed by atoms with Crippen LogP contribution < -0.4 is 14.8 Å². The molecule has 1 aliphatic heterocycles. The SMILES string of the molecule is COc1ccc(CC2CCNc3ccccc32)c(OC)c1. The lowest BCUT2D eigenvalue weighted by Crippen LogP contribution is -2.18. The maximum atomic E-state index is 5.52. The van der Waals surface area contributed by atoms with Gasteiger partial charge in [0.15, 0.2) is 0 Å². The van der Waals surface area contributed by atoms with Gasteiger partial charge >= 0.3 is 0 Å². The minimum atomic E-state index is 0.532. The highest BCUT2D eigenvalue weighted by Gasteiger charge is 2.21. The molecule has 0 saturated heterocycles. The number of methoxy groups -OCH3 is 2. The number of rotatable bonds is 4. The molecule has 110 valence electrons. The fraction of sp³-hybridized carbons (Fsp3) is 0.333. The summed E-state index contributed by atoms with van der Waals surface area (Å²) in [5.41, 5.74) is 3.91. The highest BCUT2D eigenvalue weighted by atomic mass is 16.5. The maximum Gasteiger partial charge on any atom is 0.125 e. The third-order valence-corrected chi connectivity index (χ3v) is 4.17. The van der Waals surface area contributed by atoms with Crippen LogP contribution in [0.25, 0.3) is 0 Å². The molecule has 3 nitrogen and oxygen atoms in total. The van der Waals surface area contributed by atoms with E-state index in [1.807, 2.05) is 12.1 Å². The molecule has 1 atom stereocenters. The second-order valence-corrected chi connectivity index (χ2v) is 5.38. The monoisotopic (exact) mass is 283 g/mol. The van der Waals surface area contributed by atoms with Crippen molar-refractivity contribution < 1.29 is 9.47 Å². The standard InChI is InChI=1S/C18H21NO2/c1-20-15-8-7-14(18(12-15)21-2)11-13-9-10-19-17-6-4-3-5-16(13)17/h3-8,12-13,19H,9-11H2,1-2H3. The van der Waals surface area contributed by atoms with Crippen molar-refractivity contribution in [2.24, 2.45) is 0 Å². The lowest BCUT2D eigenvalue weighted by atomic mass is 9.85. The third kappa shape index (κ3) is 2.82. The Kier molecular flexibility index (Phi) is 4.00. The van der Waals surface area contributed by atoms with Crippen LogP contribution in [0, 0.1) is 0 Å². The molecule has 1 heterocycles. The predicted octanol–water partition coefficient (Wildman–Crippen LogP) is 3.85. The average Bonchev–Trinajstić information content (AvgIpc) is 2.55. The first kappa shape index (κ1) is 13.8. The van der Waals surface area contributed by atoms with E-state index in [9.17, 15) is 0 Å². The van der Waals surface area contributed by atoms with Gasteiger partial charge in [-0.2, -0.15) is 0 Å². The first-order valence-corrected chi connectivity index (χ1v) is 7.35. The summed E-state index contributed by atoms with van der Waals surface area (Å²) in [7, 11) is 3.39. The van der Waals surface area contributed by atoms with Crippen molar-refractivity contribution in [1.29, 1.82) is 0 Å². The summed E-state index contributed by atoms with van der Waals surface area (Å²) in [5, 5.41) is 3.47. The van der Waals surface area contributed by atoms with E-state index in [0.29, 0.717) is 5.92 Å². The minimum absolute atomic E-state index is 0.532. The Labute approximate surface area is 125 Å². The summed E-state index contributed by atoms with van der Waals surface area (Å²) in [6.45, 7) is 1.03. The van der Waals surface area contributed by atoms with Gasteiger partial charge in [-0.15, -0.1) is 0 Å². The van der Waals surface area contributed by atoms with Crippen LogP contribution in [0.1, 0.15) is 23.5 Å². The zero-order valence-corrected chi connectivity index (χ0v) is 12.6. The number of para-hydroxylation sites is 1. The Hall–Kier alpha value is -2.16. The zero-order valence-electron chi connectivity index (χ0n) is 12.6. The van der Waals surface area contributed by atoms with Crippen LogP contribution in [0.5, 0.6) is 11.5 Å². The Morgan fingerprint density at radius 2 is 1.95 bits per heavy atom. The first-order chi connectivity index (χ1) is 10.3. The van der Waals surface area contributed by atoms with Gasteiger partial charge in [-0.05, 0) is 42.0 Å². The molecule has 0 fully saturated rings. The molecule has 0 aliphatic carbocycles. The van der Waals surface area contributed by atoms with Crippen LogP contribution in [0.4, 0.5) is 5.69 Å². The van der Waals surface area contributed by atoms with Crippen molar-refractivity contribution in [2.45, 2.75) is 18.8 Å². The van der Waals surface area contributed by atoms with Gasteiger partial charge in [-0.3, -0.25) is 0 Å². The van der Waals surface area contributed by atoms with E-state index in [0.717, 1.165) is 30.9 Å². The summed E-state index contributed by atoms with van der Waals surface area (Å²) >= 11 is 0. The average molecular weight is 283 g/mol. The lowest BCUT2D eigenvalue weighted by molar-refractivity contribution is 0.389.